The van der Waals surface area contributed by atoms with Gasteiger partial charge in [0.25, 0.3) is 0 Å². The molecule has 3 heteroatoms. The molecule has 4 unspecified atom stereocenters. The molecule has 0 aromatic heterocycles. The number of hydrogen-bond donors (Lipinski definition) is 0. The third-order valence-corrected chi connectivity index (χ3v) is 7.55. The van der Waals surface area contributed by atoms with Crippen LogP contribution >= 0.6 is 0 Å². The van der Waals surface area contributed by atoms with Gasteiger partial charge in [-0.1, -0.05) is 50.2 Å². The fourth-order valence-electron chi connectivity index (χ4n) is 6.01. The lowest BCUT2D eigenvalue weighted by atomic mass is 9.64. The average Bonchev–Trinajstić information content (AvgIpc) is 3.10. The summed E-state index contributed by atoms with van der Waals surface area (Å²) in [5.41, 5.74) is 0.393. The minimum atomic E-state index is 0.393. The van der Waals surface area contributed by atoms with Crippen molar-refractivity contribution in [2.24, 2.45) is 11.8 Å². The number of piperidine rings is 1. The van der Waals surface area contributed by atoms with Gasteiger partial charge in [0.1, 0.15) is 7.28 Å². The molecule has 0 aromatic carbocycles. The third-order valence-electron chi connectivity index (χ3n) is 7.55. The Bertz CT molecular complexity index is 422. The zero-order valence-corrected chi connectivity index (χ0v) is 14.8. The molecule has 123 valence electrons. The van der Waals surface area contributed by atoms with Gasteiger partial charge in [0.05, 0.1) is 18.8 Å². The Kier molecular flexibility index (Phi) is 3.89. The molecule has 0 amide bonds. The Morgan fingerprint density at radius 1 is 1.09 bits per heavy atom. The molecule has 22 heavy (non-hydrogen) atoms. The van der Waals surface area contributed by atoms with Crippen molar-refractivity contribution in [1.82, 2.24) is 4.90 Å². The number of rotatable bonds is 1. The summed E-state index contributed by atoms with van der Waals surface area (Å²) in [7, 11) is 2.65. The van der Waals surface area contributed by atoms with Gasteiger partial charge in [0.2, 0.25) is 0 Å². The van der Waals surface area contributed by atoms with Crippen molar-refractivity contribution >= 4 is 7.28 Å². The highest BCUT2D eigenvalue weighted by atomic mass is 16.5. The summed E-state index contributed by atoms with van der Waals surface area (Å²) in [6.07, 6.45) is 10.1. The molecule has 4 atom stereocenters. The molecule has 3 heterocycles. The molecule has 1 radical (unpaired) electrons. The van der Waals surface area contributed by atoms with E-state index in [2.05, 4.69) is 33.0 Å². The molecular formula is C19H33BNO. The van der Waals surface area contributed by atoms with E-state index in [0.717, 1.165) is 30.9 Å². The van der Waals surface area contributed by atoms with E-state index in [4.69, 9.17) is 4.74 Å². The maximum absolute atomic E-state index is 5.77. The van der Waals surface area contributed by atoms with Crippen LogP contribution in [0.1, 0.15) is 65.7 Å². The zero-order chi connectivity index (χ0) is 15.4. The van der Waals surface area contributed by atoms with Crippen LogP contribution in [-0.4, -0.2) is 43.5 Å². The predicted octanol–water partition coefficient (Wildman–Crippen LogP) is 4.14. The summed E-state index contributed by atoms with van der Waals surface area (Å²) >= 11 is 0. The second kappa shape index (κ2) is 5.51. The monoisotopic (exact) mass is 302 g/mol. The molecular weight excluding hydrogens is 269 g/mol. The average molecular weight is 302 g/mol. The van der Waals surface area contributed by atoms with Crippen LogP contribution in [0, 0.1) is 11.8 Å². The van der Waals surface area contributed by atoms with Crippen LogP contribution in [0.2, 0.25) is 11.1 Å². The van der Waals surface area contributed by atoms with Crippen molar-refractivity contribution in [3.8, 4) is 0 Å². The van der Waals surface area contributed by atoms with Crippen LogP contribution in [0.5, 0.6) is 0 Å². The van der Waals surface area contributed by atoms with Crippen molar-refractivity contribution in [3.05, 3.63) is 0 Å². The SMILES string of the molecule is CC(C)N1CCC2CCC3(C)[B]C3CCCCC2C12COC2. The van der Waals surface area contributed by atoms with Crippen LogP contribution in [0.15, 0.2) is 0 Å². The number of hydrogen-bond acceptors (Lipinski definition) is 2. The molecule has 3 aliphatic heterocycles. The Morgan fingerprint density at radius 2 is 1.86 bits per heavy atom. The number of fused-ring (bicyclic) bond motifs is 3. The molecule has 4 fully saturated rings. The summed E-state index contributed by atoms with van der Waals surface area (Å²) < 4.78 is 5.77. The van der Waals surface area contributed by atoms with Crippen LogP contribution < -0.4 is 0 Å². The normalized spacial score (nSPS) is 44.6. The predicted molar refractivity (Wildman–Crippen MR) is 92.6 cm³/mol. The first-order chi connectivity index (χ1) is 10.6. The van der Waals surface area contributed by atoms with Gasteiger partial charge >= 0.3 is 0 Å². The van der Waals surface area contributed by atoms with E-state index in [9.17, 15) is 0 Å². The largest absolute Gasteiger partial charge is 0.377 e. The maximum atomic E-state index is 5.77. The fraction of sp³-hybridized carbons (Fsp3) is 1.00. The third kappa shape index (κ3) is 2.38. The Hall–Kier alpha value is -0.0151. The quantitative estimate of drug-likeness (QED) is 0.675. The van der Waals surface area contributed by atoms with Crippen LogP contribution in [0.4, 0.5) is 0 Å². The molecule has 2 nitrogen and oxygen atoms in total. The highest BCUT2D eigenvalue weighted by Crippen LogP contribution is 2.63. The lowest BCUT2D eigenvalue weighted by Crippen LogP contribution is -2.71. The van der Waals surface area contributed by atoms with Crippen molar-refractivity contribution in [2.45, 2.75) is 88.4 Å². The number of ether oxygens (including phenoxy) is 1. The van der Waals surface area contributed by atoms with E-state index in [1.54, 1.807) is 0 Å². The molecule has 3 saturated heterocycles. The highest BCUT2D eigenvalue weighted by Gasteiger charge is 2.56. The second-order valence-corrected chi connectivity index (χ2v) is 9.14. The van der Waals surface area contributed by atoms with Crippen molar-refractivity contribution in [2.75, 3.05) is 19.8 Å². The Morgan fingerprint density at radius 3 is 2.55 bits per heavy atom. The number of likely N-dealkylation sites (tertiary alicyclic amines) is 1. The minimum Gasteiger partial charge on any atom is -0.377 e. The molecule has 0 aromatic rings. The van der Waals surface area contributed by atoms with E-state index in [-0.39, 0.29) is 0 Å². The number of nitrogens with zero attached hydrogens (tertiary/aromatic N) is 1. The molecule has 0 N–H and O–H groups in total. The van der Waals surface area contributed by atoms with Gasteiger partial charge in [0, 0.05) is 6.04 Å². The molecule has 1 saturated carbocycles. The van der Waals surface area contributed by atoms with Gasteiger partial charge in [-0.25, -0.2) is 0 Å². The molecule has 1 spiro atoms. The van der Waals surface area contributed by atoms with Crippen molar-refractivity contribution in [3.63, 3.8) is 0 Å². The summed E-state index contributed by atoms with van der Waals surface area (Å²) in [5, 5.41) is 0.598. The summed E-state index contributed by atoms with van der Waals surface area (Å²) in [5.74, 6) is 2.78. The topological polar surface area (TPSA) is 12.5 Å². The van der Waals surface area contributed by atoms with Gasteiger partial charge in [-0.15, -0.1) is 0 Å². The van der Waals surface area contributed by atoms with Crippen LogP contribution in [-0.2, 0) is 4.74 Å². The highest BCUT2D eigenvalue weighted by molar-refractivity contribution is 6.56. The van der Waals surface area contributed by atoms with Crippen LogP contribution in [0.25, 0.3) is 0 Å². The molecule has 0 bridgehead atoms. The van der Waals surface area contributed by atoms with Gasteiger partial charge in [-0.2, -0.15) is 0 Å². The van der Waals surface area contributed by atoms with E-state index >= 15 is 0 Å². The van der Waals surface area contributed by atoms with Crippen molar-refractivity contribution < 1.29 is 4.74 Å². The standard InChI is InChI=1S/C19H33BNO/c1-14(2)21-11-9-15-8-10-18(3)17(20-18)7-5-4-6-16(15)19(21)12-22-13-19/h14-17H,4-13H2,1-3H3. The van der Waals surface area contributed by atoms with Gasteiger partial charge in [0.15, 0.2) is 0 Å². The van der Waals surface area contributed by atoms with E-state index in [1.807, 2.05) is 0 Å². The summed E-state index contributed by atoms with van der Waals surface area (Å²) in [4.78, 5) is 2.80. The Balaban J connectivity index is 1.54. The fourth-order valence-corrected chi connectivity index (χ4v) is 6.01. The first-order valence-corrected chi connectivity index (χ1v) is 9.76. The van der Waals surface area contributed by atoms with E-state index in [1.165, 1.54) is 51.5 Å². The van der Waals surface area contributed by atoms with E-state index in [0.29, 0.717) is 16.9 Å². The smallest absolute Gasteiger partial charge is 0.120 e. The van der Waals surface area contributed by atoms with Gasteiger partial charge < -0.3 is 4.74 Å². The minimum absolute atomic E-state index is 0.393. The zero-order valence-electron chi connectivity index (χ0n) is 14.8. The molecule has 4 rings (SSSR count). The van der Waals surface area contributed by atoms with Gasteiger partial charge in [-0.3, -0.25) is 4.90 Å². The first-order valence-electron chi connectivity index (χ1n) is 9.76. The second-order valence-electron chi connectivity index (χ2n) is 9.14. The maximum Gasteiger partial charge on any atom is 0.120 e. The van der Waals surface area contributed by atoms with Gasteiger partial charge in [-0.05, 0) is 45.1 Å². The summed E-state index contributed by atoms with van der Waals surface area (Å²) in [6.45, 7) is 10.6. The molecule has 4 aliphatic rings. The van der Waals surface area contributed by atoms with Crippen LogP contribution in [0.3, 0.4) is 0 Å². The lowest BCUT2D eigenvalue weighted by molar-refractivity contribution is -0.208. The molecule has 1 aliphatic carbocycles. The lowest BCUT2D eigenvalue weighted by Gasteiger charge is -2.61. The first kappa shape index (κ1) is 15.5. The summed E-state index contributed by atoms with van der Waals surface area (Å²) in [6, 6.07) is 0.666. The Labute approximate surface area is 137 Å². The van der Waals surface area contributed by atoms with E-state index < -0.39 is 0 Å². The van der Waals surface area contributed by atoms with Crippen molar-refractivity contribution in [1.29, 1.82) is 0 Å².